The Balaban J connectivity index is 2.93. The Bertz CT molecular complexity index is 325. The number of pyridine rings is 1. The van der Waals surface area contributed by atoms with Gasteiger partial charge in [-0.05, 0) is 16.0 Å². The molecule has 0 amide bonds. The van der Waals surface area contributed by atoms with Crippen molar-refractivity contribution in [1.82, 2.24) is 4.98 Å². The Kier molecular flexibility index (Phi) is 3.07. The number of nitrogens with zero attached hydrogens (tertiary/aromatic N) is 2. The van der Waals surface area contributed by atoms with E-state index in [1.807, 2.05) is 0 Å². The van der Waals surface area contributed by atoms with Gasteiger partial charge in [0.1, 0.15) is 12.5 Å². The highest BCUT2D eigenvalue weighted by molar-refractivity contribution is 9.09. The molecule has 0 saturated heterocycles. The van der Waals surface area contributed by atoms with Crippen molar-refractivity contribution >= 4 is 28.0 Å². The number of aldehydes is 1. The first-order valence-electron chi connectivity index (χ1n) is 3.35. The van der Waals surface area contributed by atoms with Crippen LogP contribution in [0.25, 0.3) is 0 Å². The van der Waals surface area contributed by atoms with E-state index in [2.05, 4.69) is 20.9 Å². The van der Waals surface area contributed by atoms with Gasteiger partial charge >= 0.3 is 5.82 Å². The Labute approximate surface area is 82.1 Å². The second-order valence-corrected chi connectivity index (χ2v) is 3.23. The van der Waals surface area contributed by atoms with Crippen molar-refractivity contribution < 1.29 is 9.72 Å². The quantitative estimate of drug-likeness (QED) is 0.351. The van der Waals surface area contributed by atoms with Crippen LogP contribution < -0.4 is 0 Å². The molecule has 0 fully saturated rings. The first-order chi connectivity index (χ1) is 6.15. The normalized spacial score (nSPS) is 12.1. The minimum Gasteiger partial charge on any atom is -0.358 e. The van der Waals surface area contributed by atoms with Gasteiger partial charge in [-0.3, -0.25) is 0 Å². The van der Waals surface area contributed by atoms with Crippen LogP contribution in [0.2, 0.25) is 0 Å². The Hall–Kier alpha value is -1.30. The molecule has 0 aromatic carbocycles. The Morgan fingerprint density at radius 2 is 2.31 bits per heavy atom. The van der Waals surface area contributed by atoms with E-state index in [0.29, 0.717) is 11.8 Å². The zero-order valence-corrected chi connectivity index (χ0v) is 7.97. The monoisotopic (exact) mass is 244 g/mol. The molecule has 5 nitrogen and oxygen atoms in total. The van der Waals surface area contributed by atoms with Crippen molar-refractivity contribution in [3.05, 3.63) is 34.0 Å². The van der Waals surface area contributed by atoms with Crippen LogP contribution in [0.1, 0.15) is 10.4 Å². The lowest BCUT2D eigenvalue weighted by molar-refractivity contribution is -0.389. The van der Waals surface area contributed by atoms with E-state index >= 15 is 0 Å². The van der Waals surface area contributed by atoms with Crippen LogP contribution in [-0.4, -0.2) is 16.2 Å². The number of rotatable bonds is 3. The van der Waals surface area contributed by atoms with Gasteiger partial charge < -0.3 is 14.9 Å². The van der Waals surface area contributed by atoms with E-state index in [0.717, 1.165) is 0 Å². The SMILES string of the molecule is O=CC(Br)c1ccc([N+](=O)[O-])nc1. The average molecular weight is 245 g/mol. The van der Waals surface area contributed by atoms with Crippen molar-refractivity contribution in [2.75, 3.05) is 0 Å². The molecule has 13 heavy (non-hydrogen) atoms. The summed E-state index contributed by atoms with van der Waals surface area (Å²) in [6, 6.07) is 2.74. The number of hydrogen-bond acceptors (Lipinski definition) is 4. The summed E-state index contributed by atoms with van der Waals surface area (Å²) in [5.74, 6) is -0.227. The third-order valence-corrected chi connectivity index (χ3v) is 2.14. The summed E-state index contributed by atoms with van der Waals surface area (Å²) in [7, 11) is 0. The summed E-state index contributed by atoms with van der Waals surface area (Å²) in [6.45, 7) is 0. The topological polar surface area (TPSA) is 73.1 Å². The first kappa shape index (κ1) is 9.79. The zero-order valence-electron chi connectivity index (χ0n) is 6.38. The van der Waals surface area contributed by atoms with Crippen molar-refractivity contribution in [3.8, 4) is 0 Å². The van der Waals surface area contributed by atoms with Gasteiger partial charge in [0.15, 0.2) is 0 Å². The summed E-state index contributed by atoms with van der Waals surface area (Å²) < 4.78 is 0. The molecule has 0 aliphatic heterocycles. The van der Waals surface area contributed by atoms with Crippen LogP contribution in [0.4, 0.5) is 5.82 Å². The number of halogens is 1. The predicted octanol–water partition coefficient (Wildman–Crippen LogP) is 1.62. The predicted molar refractivity (Wildman–Crippen MR) is 48.6 cm³/mol. The highest BCUT2D eigenvalue weighted by Gasteiger charge is 2.11. The molecular weight excluding hydrogens is 240 g/mol. The number of carbonyl (C=O) groups is 1. The maximum Gasteiger partial charge on any atom is 0.363 e. The smallest absolute Gasteiger partial charge is 0.358 e. The summed E-state index contributed by atoms with van der Waals surface area (Å²) in [5.41, 5.74) is 0.598. The van der Waals surface area contributed by atoms with Crippen LogP contribution in [0, 0.1) is 10.1 Å². The van der Waals surface area contributed by atoms with Crippen molar-refractivity contribution in [2.45, 2.75) is 4.83 Å². The molecule has 0 aliphatic carbocycles. The maximum absolute atomic E-state index is 10.3. The van der Waals surface area contributed by atoms with Gasteiger partial charge in [0.2, 0.25) is 0 Å². The molecule has 0 saturated carbocycles. The molecule has 1 aromatic rings. The summed E-state index contributed by atoms with van der Waals surface area (Å²) >= 11 is 3.07. The fourth-order valence-electron chi connectivity index (χ4n) is 0.747. The van der Waals surface area contributed by atoms with E-state index in [9.17, 15) is 14.9 Å². The zero-order chi connectivity index (χ0) is 9.84. The summed E-state index contributed by atoms with van der Waals surface area (Å²) in [5, 5.41) is 10.2. The van der Waals surface area contributed by atoms with Gasteiger partial charge in [0.05, 0.1) is 4.83 Å². The van der Waals surface area contributed by atoms with E-state index in [-0.39, 0.29) is 5.82 Å². The van der Waals surface area contributed by atoms with Gasteiger partial charge in [-0.15, -0.1) is 0 Å². The van der Waals surface area contributed by atoms with E-state index in [1.165, 1.54) is 18.3 Å². The molecule has 1 heterocycles. The van der Waals surface area contributed by atoms with Crippen LogP contribution in [0.5, 0.6) is 0 Å². The van der Waals surface area contributed by atoms with E-state index in [1.54, 1.807) is 0 Å². The van der Waals surface area contributed by atoms with Crippen molar-refractivity contribution in [3.63, 3.8) is 0 Å². The number of nitro groups is 1. The van der Waals surface area contributed by atoms with Crippen LogP contribution in [0.15, 0.2) is 18.3 Å². The lowest BCUT2D eigenvalue weighted by atomic mass is 10.2. The number of alkyl halides is 1. The van der Waals surface area contributed by atoms with Gasteiger partial charge in [-0.1, -0.05) is 15.9 Å². The lowest BCUT2D eigenvalue weighted by Crippen LogP contribution is -1.95. The molecule has 0 N–H and O–H groups in total. The third kappa shape index (κ3) is 2.32. The summed E-state index contributed by atoms with van der Waals surface area (Å²) in [4.78, 5) is 23.0. The largest absolute Gasteiger partial charge is 0.363 e. The van der Waals surface area contributed by atoms with E-state index < -0.39 is 9.75 Å². The molecular formula is C7H5BrN2O3. The second kappa shape index (κ2) is 4.08. The van der Waals surface area contributed by atoms with Crippen LogP contribution in [-0.2, 0) is 4.79 Å². The second-order valence-electron chi connectivity index (χ2n) is 2.24. The Morgan fingerprint density at radius 1 is 1.62 bits per heavy atom. The summed E-state index contributed by atoms with van der Waals surface area (Å²) in [6.07, 6.45) is 1.98. The molecule has 1 atom stereocenters. The molecule has 1 unspecified atom stereocenters. The molecule has 0 radical (unpaired) electrons. The lowest BCUT2D eigenvalue weighted by Gasteiger charge is -1.97. The van der Waals surface area contributed by atoms with Gasteiger partial charge in [-0.2, -0.15) is 0 Å². The molecule has 0 spiro atoms. The highest BCUT2D eigenvalue weighted by Crippen LogP contribution is 2.20. The fraction of sp³-hybridized carbons (Fsp3) is 0.143. The molecule has 0 bridgehead atoms. The Morgan fingerprint density at radius 3 is 2.69 bits per heavy atom. The third-order valence-electron chi connectivity index (χ3n) is 1.40. The number of carbonyl (C=O) groups excluding carboxylic acids is 1. The molecule has 6 heteroatoms. The standard InChI is InChI=1S/C7H5BrN2O3/c8-6(4-11)5-1-2-7(9-3-5)10(12)13/h1-4,6H. The highest BCUT2D eigenvalue weighted by atomic mass is 79.9. The average Bonchev–Trinajstić information content (AvgIpc) is 2.17. The van der Waals surface area contributed by atoms with E-state index in [4.69, 9.17) is 0 Å². The van der Waals surface area contributed by atoms with Gasteiger partial charge in [0.25, 0.3) is 0 Å². The number of hydrogen-bond donors (Lipinski definition) is 0. The molecule has 1 aromatic heterocycles. The van der Waals surface area contributed by atoms with Gasteiger partial charge in [0, 0.05) is 11.6 Å². The molecule has 0 aliphatic rings. The van der Waals surface area contributed by atoms with Crippen LogP contribution in [0.3, 0.4) is 0 Å². The molecule has 68 valence electrons. The first-order valence-corrected chi connectivity index (χ1v) is 4.26. The maximum atomic E-state index is 10.3. The van der Waals surface area contributed by atoms with Crippen LogP contribution >= 0.6 is 15.9 Å². The van der Waals surface area contributed by atoms with Crippen molar-refractivity contribution in [1.29, 1.82) is 0 Å². The molecule has 1 rings (SSSR count). The minimum absolute atomic E-state index is 0.227. The number of aromatic nitrogens is 1. The fourth-order valence-corrected chi connectivity index (χ4v) is 1.02. The van der Waals surface area contributed by atoms with Crippen molar-refractivity contribution in [2.24, 2.45) is 0 Å². The van der Waals surface area contributed by atoms with Gasteiger partial charge in [-0.25, -0.2) is 0 Å². The minimum atomic E-state index is -0.589.